The van der Waals surface area contributed by atoms with Gasteiger partial charge in [0.1, 0.15) is 11.4 Å². The van der Waals surface area contributed by atoms with Gasteiger partial charge < -0.3 is 15.4 Å². The lowest BCUT2D eigenvalue weighted by molar-refractivity contribution is -0.118. The van der Waals surface area contributed by atoms with Crippen LogP contribution in [0.15, 0.2) is 128 Å². The molecule has 0 fully saturated rings. The summed E-state index contributed by atoms with van der Waals surface area (Å²) in [6.07, 6.45) is 1.86. The molecule has 5 aromatic rings. The maximum absolute atomic E-state index is 13.9. The van der Waals surface area contributed by atoms with Crippen molar-refractivity contribution in [3.05, 3.63) is 140 Å². The molecule has 0 bridgehead atoms. The van der Waals surface area contributed by atoms with Gasteiger partial charge in [-0.05, 0) is 109 Å². The lowest BCUT2D eigenvalue weighted by atomic mass is 9.76. The number of amides is 3. The number of amidine groups is 1. The molecule has 316 valence electrons. The first kappa shape index (κ1) is 45.3. The van der Waals surface area contributed by atoms with Crippen LogP contribution in [-0.4, -0.2) is 36.2 Å². The molecule has 1 heterocycles. The standard InChI is InChI=1S/C47H47Cl3N6O4S/c1-8-46(4,5)30-15-22-39(36(24-30)47(6,7)9-2)60-27-40(57)51-33-12-10-11-29(23-33)44(58)52-43-41(45(59)56(55-43)42-37(49)25-31(48)26-38(42)50)54-53-32-16-20-35(21-17-32)61-34-18-13-28(3)14-19-34/h10-26,41H,8-9,27H2,1-7H3,(H,51,57)(H,52,55,58). The molecular weight excluding hydrogens is 851 g/mol. The van der Waals surface area contributed by atoms with E-state index in [2.05, 4.69) is 104 Å². The topological polar surface area (TPSA) is 125 Å². The number of carbonyl (C=O) groups excluding carboxylic acids is 3. The van der Waals surface area contributed by atoms with Gasteiger partial charge >= 0.3 is 0 Å². The van der Waals surface area contributed by atoms with Crippen LogP contribution < -0.4 is 20.4 Å². The summed E-state index contributed by atoms with van der Waals surface area (Å²) in [5, 5.41) is 20.0. The van der Waals surface area contributed by atoms with Crippen LogP contribution in [0.3, 0.4) is 0 Å². The maximum Gasteiger partial charge on any atom is 0.282 e. The first-order chi connectivity index (χ1) is 29.0. The second kappa shape index (κ2) is 19.2. The fourth-order valence-corrected chi connectivity index (χ4v) is 8.05. The number of hydrogen-bond acceptors (Lipinski definition) is 8. The third-order valence-corrected chi connectivity index (χ3v) is 12.6. The normalized spacial score (nSPS) is 14.3. The molecule has 0 saturated carbocycles. The number of azo groups is 1. The summed E-state index contributed by atoms with van der Waals surface area (Å²) in [4.78, 5) is 43.0. The van der Waals surface area contributed by atoms with Gasteiger partial charge in [-0.2, -0.15) is 15.2 Å². The first-order valence-electron chi connectivity index (χ1n) is 19.8. The highest BCUT2D eigenvalue weighted by molar-refractivity contribution is 7.99. The van der Waals surface area contributed by atoms with E-state index < -0.39 is 23.8 Å². The maximum atomic E-state index is 13.9. The average Bonchev–Trinajstić information content (AvgIpc) is 3.53. The van der Waals surface area contributed by atoms with Crippen molar-refractivity contribution < 1.29 is 19.1 Å². The molecule has 5 aromatic carbocycles. The van der Waals surface area contributed by atoms with Crippen LogP contribution in [0.4, 0.5) is 17.1 Å². The van der Waals surface area contributed by atoms with Crippen molar-refractivity contribution in [3.8, 4) is 5.75 Å². The molecule has 0 aliphatic carbocycles. The minimum atomic E-state index is -1.36. The molecule has 1 aliphatic rings. The van der Waals surface area contributed by atoms with E-state index in [9.17, 15) is 14.4 Å². The number of nitrogens with zero attached hydrogens (tertiary/aromatic N) is 4. The van der Waals surface area contributed by atoms with Gasteiger partial charge in [-0.3, -0.25) is 14.4 Å². The van der Waals surface area contributed by atoms with Crippen molar-refractivity contribution in [1.29, 1.82) is 0 Å². The Morgan fingerprint density at radius 2 is 1.46 bits per heavy atom. The SMILES string of the molecule is CCC(C)(C)c1ccc(OCC(=O)Nc2cccc(C(=O)NC3=NN(c4c(Cl)cc(Cl)cc4Cl)C(=O)C3N=Nc3ccc(Sc4ccc(C)cc4)cc3)c2)c(C(C)(C)CC)c1. The van der Waals surface area contributed by atoms with Crippen molar-refractivity contribution in [2.24, 2.45) is 15.3 Å². The van der Waals surface area contributed by atoms with Gasteiger partial charge in [0.15, 0.2) is 12.4 Å². The Bertz CT molecular complexity index is 2480. The molecule has 61 heavy (non-hydrogen) atoms. The number of carbonyl (C=O) groups is 3. The lowest BCUT2D eigenvalue weighted by Gasteiger charge is -2.30. The second-order valence-corrected chi connectivity index (χ2v) is 18.3. The molecule has 0 saturated heterocycles. The monoisotopic (exact) mass is 896 g/mol. The average molecular weight is 898 g/mol. The van der Waals surface area contributed by atoms with Crippen molar-refractivity contribution in [2.75, 3.05) is 16.9 Å². The number of halogens is 3. The van der Waals surface area contributed by atoms with Gasteiger partial charge in [0.2, 0.25) is 6.04 Å². The number of hydrogen-bond donors (Lipinski definition) is 2. The third kappa shape index (κ3) is 11.0. The molecule has 1 aliphatic heterocycles. The van der Waals surface area contributed by atoms with Gasteiger partial charge in [-0.25, -0.2) is 0 Å². The van der Waals surface area contributed by atoms with Crippen molar-refractivity contribution in [3.63, 3.8) is 0 Å². The van der Waals surface area contributed by atoms with Crippen LogP contribution in [-0.2, 0) is 20.4 Å². The van der Waals surface area contributed by atoms with E-state index in [1.165, 1.54) is 29.3 Å². The highest BCUT2D eigenvalue weighted by Crippen LogP contribution is 2.40. The minimum Gasteiger partial charge on any atom is -0.483 e. The lowest BCUT2D eigenvalue weighted by Crippen LogP contribution is -2.39. The number of anilines is 2. The molecule has 10 nitrogen and oxygen atoms in total. The zero-order valence-electron chi connectivity index (χ0n) is 35.0. The zero-order valence-corrected chi connectivity index (χ0v) is 38.1. The molecule has 0 spiro atoms. The van der Waals surface area contributed by atoms with E-state index >= 15 is 0 Å². The van der Waals surface area contributed by atoms with Gasteiger partial charge in [0, 0.05) is 31.6 Å². The fraction of sp³-hybridized carbons (Fsp3) is 0.277. The Hall–Kier alpha value is -5.20. The predicted octanol–water partition coefficient (Wildman–Crippen LogP) is 12.7. The number of benzene rings is 5. The molecular formula is C47H47Cl3N6O4S. The predicted molar refractivity (Wildman–Crippen MR) is 248 cm³/mol. The summed E-state index contributed by atoms with van der Waals surface area (Å²) >= 11 is 20.7. The molecule has 1 unspecified atom stereocenters. The van der Waals surface area contributed by atoms with E-state index in [0.717, 1.165) is 33.2 Å². The van der Waals surface area contributed by atoms with E-state index in [1.54, 1.807) is 42.1 Å². The van der Waals surface area contributed by atoms with E-state index in [4.69, 9.17) is 39.5 Å². The van der Waals surface area contributed by atoms with Gasteiger partial charge in [0.05, 0.1) is 15.7 Å². The molecule has 2 N–H and O–H groups in total. The Morgan fingerprint density at radius 3 is 2.10 bits per heavy atom. The van der Waals surface area contributed by atoms with Crippen LogP contribution in [0.2, 0.25) is 15.1 Å². The quantitative estimate of drug-likeness (QED) is 0.107. The number of nitrogens with one attached hydrogen (secondary N) is 2. The summed E-state index contributed by atoms with van der Waals surface area (Å²) in [6.45, 7) is 14.9. The Kier molecular flexibility index (Phi) is 14.3. The van der Waals surface area contributed by atoms with E-state index in [0.29, 0.717) is 17.1 Å². The highest BCUT2D eigenvalue weighted by Gasteiger charge is 2.40. The molecule has 0 aromatic heterocycles. The van der Waals surface area contributed by atoms with Crippen LogP contribution >= 0.6 is 46.6 Å². The summed E-state index contributed by atoms with van der Waals surface area (Å²) < 4.78 is 6.12. The van der Waals surface area contributed by atoms with Gasteiger partial charge in [-0.1, -0.05) is 124 Å². The van der Waals surface area contributed by atoms with E-state index in [1.807, 2.05) is 25.1 Å². The number of rotatable bonds is 14. The van der Waals surface area contributed by atoms with Crippen LogP contribution in [0.25, 0.3) is 0 Å². The Morgan fingerprint density at radius 1 is 0.820 bits per heavy atom. The van der Waals surface area contributed by atoms with Crippen LogP contribution in [0.5, 0.6) is 5.75 Å². The molecule has 1 atom stereocenters. The van der Waals surface area contributed by atoms with E-state index in [-0.39, 0.29) is 49.6 Å². The summed E-state index contributed by atoms with van der Waals surface area (Å²) in [6, 6.07) is 29.6. The smallest absolute Gasteiger partial charge is 0.282 e. The van der Waals surface area contributed by atoms with Crippen molar-refractivity contribution >= 4 is 87.2 Å². The second-order valence-electron chi connectivity index (χ2n) is 15.9. The summed E-state index contributed by atoms with van der Waals surface area (Å²) in [5.74, 6) is -1.15. The Balaban J connectivity index is 1.18. The number of aryl methyl sites for hydroxylation is 1. The van der Waals surface area contributed by atoms with Gasteiger partial charge in [-0.15, -0.1) is 5.10 Å². The number of ether oxygens (including phenoxy) is 1. The molecule has 6 rings (SSSR count). The largest absolute Gasteiger partial charge is 0.483 e. The summed E-state index contributed by atoms with van der Waals surface area (Å²) in [5.41, 5.74) is 4.32. The number of hydrazone groups is 1. The molecule has 3 amide bonds. The molecule has 0 radical (unpaired) electrons. The van der Waals surface area contributed by atoms with Gasteiger partial charge in [0.25, 0.3) is 17.7 Å². The van der Waals surface area contributed by atoms with Crippen molar-refractivity contribution in [2.45, 2.75) is 88.0 Å². The first-order valence-corrected chi connectivity index (χ1v) is 21.7. The minimum absolute atomic E-state index is 0.0109. The summed E-state index contributed by atoms with van der Waals surface area (Å²) in [7, 11) is 0. The van der Waals surface area contributed by atoms with Crippen LogP contribution in [0.1, 0.15) is 81.4 Å². The van der Waals surface area contributed by atoms with Crippen molar-refractivity contribution in [1.82, 2.24) is 5.32 Å². The molecule has 14 heteroatoms. The highest BCUT2D eigenvalue weighted by atomic mass is 35.5. The Labute approximate surface area is 376 Å². The van der Waals surface area contributed by atoms with Crippen LogP contribution in [0, 0.1) is 6.92 Å². The zero-order chi connectivity index (χ0) is 44.1. The third-order valence-electron chi connectivity index (χ3n) is 10.8. The fourth-order valence-electron chi connectivity index (χ4n) is 6.25.